The fourth-order valence-corrected chi connectivity index (χ4v) is 9.26. The van der Waals surface area contributed by atoms with Crippen LogP contribution in [-0.4, -0.2) is 127 Å². The van der Waals surface area contributed by atoms with Crippen LogP contribution in [0.3, 0.4) is 0 Å². The molecule has 8 atom stereocenters. The minimum Gasteiger partial charge on any atom is -0.492 e. The number of ketones is 1. The molecule has 2 aliphatic heterocycles. The number of alkyl halides is 1. The first kappa shape index (κ1) is 52.7. The van der Waals surface area contributed by atoms with Gasteiger partial charge in [-0.1, -0.05) is 64.1 Å². The average Bonchev–Trinajstić information content (AvgIpc) is 3.95. The van der Waals surface area contributed by atoms with E-state index in [9.17, 15) is 39.3 Å². The van der Waals surface area contributed by atoms with Crippen molar-refractivity contribution in [2.45, 2.75) is 103 Å². The predicted octanol–water partition coefficient (Wildman–Crippen LogP) is 5.46. The maximum absolute atomic E-state index is 14.5. The van der Waals surface area contributed by atoms with Crippen molar-refractivity contribution in [3.8, 4) is 17.2 Å². The van der Waals surface area contributed by atoms with Gasteiger partial charge in [-0.05, 0) is 84.4 Å². The fraction of sp³-hybridized carbons (Fsp3) is 0.453. The molecule has 3 amide bonds. The summed E-state index contributed by atoms with van der Waals surface area (Å²) < 4.78 is 29.0. The zero-order valence-corrected chi connectivity index (χ0v) is 41.5. The first-order valence-electron chi connectivity index (χ1n) is 23.9. The van der Waals surface area contributed by atoms with Crippen molar-refractivity contribution >= 4 is 69.8 Å². The van der Waals surface area contributed by atoms with Gasteiger partial charge in [0.1, 0.15) is 48.8 Å². The molecule has 7 rings (SSSR count). The Morgan fingerprint density at radius 3 is 2.38 bits per heavy atom. The molecule has 2 heterocycles. The number of halogens is 1. The summed E-state index contributed by atoms with van der Waals surface area (Å²) >= 11 is 6.62. The van der Waals surface area contributed by atoms with E-state index in [1.54, 1.807) is 17.9 Å². The number of nitrogens with one attached hydrogen (secondary N) is 2. The molecular weight excluding hydrogens is 936 g/mol. The van der Waals surface area contributed by atoms with Crippen LogP contribution in [0.5, 0.6) is 17.2 Å². The molecule has 0 unspecified atom stereocenters. The summed E-state index contributed by atoms with van der Waals surface area (Å²) in [6, 6.07) is 19.4. The summed E-state index contributed by atoms with van der Waals surface area (Å²) in [5.41, 5.74) is 4.79. The number of amides is 3. The monoisotopic (exact) mass is 998 g/mol. The third-order valence-electron chi connectivity index (χ3n) is 12.9. The number of benzene rings is 4. The van der Waals surface area contributed by atoms with Crippen molar-refractivity contribution in [1.82, 2.24) is 10.2 Å². The Bertz CT molecular complexity index is 2640. The van der Waals surface area contributed by atoms with E-state index in [-0.39, 0.29) is 72.7 Å². The zero-order chi connectivity index (χ0) is 51.1. The highest BCUT2D eigenvalue weighted by molar-refractivity contribution is 6.19. The molecule has 71 heavy (non-hydrogen) atoms. The minimum absolute atomic E-state index is 0.0128. The second-order valence-corrected chi connectivity index (χ2v) is 19.2. The van der Waals surface area contributed by atoms with Crippen LogP contribution >= 0.6 is 11.6 Å². The van der Waals surface area contributed by atoms with Crippen molar-refractivity contribution in [1.29, 1.82) is 0 Å². The molecule has 0 spiro atoms. The number of hydrogen-bond donors (Lipinski definition) is 5. The topological polar surface area (TPSA) is 223 Å². The van der Waals surface area contributed by atoms with Crippen molar-refractivity contribution in [2.75, 3.05) is 49.9 Å². The summed E-state index contributed by atoms with van der Waals surface area (Å²) in [6.45, 7) is 8.66. The Balaban J connectivity index is 1.15. The van der Waals surface area contributed by atoms with Crippen LogP contribution < -0.4 is 29.7 Å². The third kappa shape index (κ3) is 12.2. The van der Waals surface area contributed by atoms with Gasteiger partial charge in [-0.2, -0.15) is 0 Å². The summed E-state index contributed by atoms with van der Waals surface area (Å²) in [4.78, 5) is 69.1. The number of carbonyl (C=O) groups is 5. The van der Waals surface area contributed by atoms with E-state index in [2.05, 4.69) is 10.6 Å². The van der Waals surface area contributed by atoms with E-state index in [0.29, 0.717) is 48.6 Å². The van der Waals surface area contributed by atoms with E-state index >= 15 is 0 Å². The molecule has 0 radical (unpaired) electrons. The highest BCUT2D eigenvalue weighted by Crippen LogP contribution is 2.47. The second-order valence-electron chi connectivity index (χ2n) is 18.9. The second kappa shape index (κ2) is 23.4. The Morgan fingerprint density at radius 1 is 0.930 bits per heavy atom. The molecule has 3 aliphatic rings. The van der Waals surface area contributed by atoms with Crippen LogP contribution in [0.15, 0.2) is 72.3 Å². The first-order valence-corrected chi connectivity index (χ1v) is 24.4. The standard InChI is InChI=1S/C53H63ClN4O13/c1-7-10-44(61)56-46(29(2)3)41(60)19-30(4)50(65)55-39-16-13-31(20-43(39)70-53-49(64)47(62)48(63)52(71-53)69-28-59)27-68-42-24-40-45(38-12-9-8-11-37(38)42)35(25-54)26-58(40)51(66)34-21-32-14-15-36(23-33(32)22-34)67-18-17-57(5)6/h8-9,11-16,20,22-24,28-30,35,46-49,52-53,62-64H,7,10,17-19,21,25-27H2,1-6H3,(H,55,65)(H,56,61)/t30-,35-,46+,47+,48+,49-,52+,53-/m1/s1. The van der Waals surface area contributed by atoms with Gasteiger partial charge >= 0.3 is 0 Å². The molecule has 0 bridgehead atoms. The van der Waals surface area contributed by atoms with Crippen molar-refractivity contribution in [3.63, 3.8) is 0 Å². The van der Waals surface area contributed by atoms with E-state index in [0.717, 1.165) is 39.8 Å². The number of carbonyl (C=O) groups excluding carboxylic acids is 5. The van der Waals surface area contributed by atoms with Gasteiger partial charge in [-0.15, -0.1) is 11.6 Å². The number of hydrogen-bond acceptors (Lipinski definition) is 14. The Labute approximate surface area is 418 Å². The number of anilines is 2. The molecule has 0 saturated carbocycles. The summed E-state index contributed by atoms with van der Waals surface area (Å²) in [5, 5.41) is 39.2. The maximum Gasteiger partial charge on any atom is 0.295 e. The quantitative estimate of drug-likeness (QED) is 0.0488. The van der Waals surface area contributed by atoms with Gasteiger partial charge in [-0.25, -0.2) is 0 Å². The SMILES string of the molecule is CCCC(=O)N[C@H](C(=O)C[C@@H](C)C(=O)Nc1ccc(COc2cc3c(c4ccccc24)[C@H](CCl)CN3C(=O)C2=Cc3cc(OCCN(C)C)ccc3C2)cc1O[C@@H]1O[C@H](OC=O)[C@@H](O)[C@H](O)[C@H]1O)C(C)C. The van der Waals surface area contributed by atoms with Gasteiger partial charge in [0.15, 0.2) is 5.78 Å². The molecule has 4 aromatic carbocycles. The normalized spacial score (nSPS) is 21.2. The van der Waals surface area contributed by atoms with Crippen molar-refractivity contribution < 1.29 is 63.0 Å². The largest absolute Gasteiger partial charge is 0.492 e. The van der Waals surface area contributed by atoms with Crippen LogP contribution in [0.2, 0.25) is 0 Å². The number of fused-ring (bicyclic) bond motifs is 4. The van der Waals surface area contributed by atoms with Crippen LogP contribution in [0.4, 0.5) is 11.4 Å². The number of rotatable bonds is 22. The van der Waals surface area contributed by atoms with Gasteiger partial charge in [-0.3, -0.25) is 28.7 Å². The molecule has 1 fully saturated rings. The van der Waals surface area contributed by atoms with E-state index in [1.165, 1.54) is 12.1 Å². The highest BCUT2D eigenvalue weighted by Gasteiger charge is 2.46. The molecular formula is C53H63ClN4O13. The predicted molar refractivity (Wildman–Crippen MR) is 266 cm³/mol. The smallest absolute Gasteiger partial charge is 0.295 e. The van der Waals surface area contributed by atoms with Crippen LogP contribution in [0, 0.1) is 11.8 Å². The van der Waals surface area contributed by atoms with Crippen LogP contribution in [0.1, 0.15) is 75.1 Å². The fourth-order valence-electron chi connectivity index (χ4n) is 9.00. The van der Waals surface area contributed by atoms with Crippen molar-refractivity contribution in [3.05, 3.63) is 94.6 Å². The Morgan fingerprint density at radius 2 is 1.68 bits per heavy atom. The first-order chi connectivity index (χ1) is 34.0. The minimum atomic E-state index is -1.86. The number of likely N-dealkylation sites (N-methyl/N-ethyl adjacent to an activating group) is 1. The lowest BCUT2D eigenvalue weighted by molar-refractivity contribution is -0.321. The molecule has 380 valence electrons. The molecule has 1 aliphatic carbocycles. The lowest BCUT2D eigenvalue weighted by Gasteiger charge is -2.39. The number of nitrogens with zero attached hydrogens (tertiary/aromatic N) is 2. The molecule has 1 saturated heterocycles. The molecule has 17 nitrogen and oxygen atoms in total. The van der Waals surface area contributed by atoms with Gasteiger partial charge < -0.3 is 54.7 Å². The van der Waals surface area contributed by atoms with Gasteiger partial charge in [0.25, 0.3) is 12.4 Å². The van der Waals surface area contributed by atoms with E-state index < -0.39 is 48.8 Å². The zero-order valence-electron chi connectivity index (χ0n) is 40.8. The Kier molecular flexibility index (Phi) is 17.4. The van der Waals surface area contributed by atoms with Gasteiger partial charge in [0, 0.05) is 67.1 Å². The molecule has 18 heteroatoms. The number of ether oxygens (including phenoxy) is 5. The highest BCUT2D eigenvalue weighted by atomic mass is 35.5. The summed E-state index contributed by atoms with van der Waals surface area (Å²) in [6.07, 6.45) is -5.86. The number of Topliss-reactive ketones (excluding diaryl/α,β-unsaturated/α-hetero) is 1. The van der Waals surface area contributed by atoms with Crippen LogP contribution in [0.25, 0.3) is 16.8 Å². The summed E-state index contributed by atoms with van der Waals surface area (Å²) in [5.74, 6) is -1.12. The van der Waals surface area contributed by atoms with Gasteiger partial charge in [0.05, 0.1) is 17.4 Å². The summed E-state index contributed by atoms with van der Waals surface area (Å²) in [7, 11) is 3.97. The molecule has 5 N–H and O–H groups in total. The lowest BCUT2D eigenvalue weighted by atomic mass is 9.92. The average molecular weight is 1000 g/mol. The van der Waals surface area contributed by atoms with Crippen molar-refractivity contribution in [2.24, 2.45) is 11.8 Å². The van der Waals surface area contributed by atoms with E-state index in [1.807, 2.05) is 94.4 Å². The third-order valence-corrected chi connectivity index (χ3v) is 13.3. The van der Waals surface area contributed by atoms with E-state index in [4.69, 9.17) is 35.3 Å². The number of aliphatic hydroxyl groups is 3. The molecule has 0 aromatic heterocycles. The number of aliphatic hydroxyl groups excluding tert-OH is 3. The van der Waals surface area contributed by atoms with Crippen LogP contribution in [-0.2, 0) is 46.5 Å². The molecule has 4 aromatic rings. The lowest BCUT2D eigenvalue weighted by Crippen LogP contribution is -2.59. The maximum atomic E-state index is 14.5. The Hall–Kier alpha value is -6.08. The van der Waals surface area contributed by atoms with Gasteiger partial charge in [0.2, 0.25) is 24.4 Å².